The Labute approximate surface area is 166 Å². The molecule has 3 aromatic rings. The molecule has 142 valence electrons. The summed E-state index contributed by atoms with van der Waals surface area (Å²) >= 11 is 3.22. The van der Waals surface area contributed by atoms with Gasteiger partial charge in [0, 0.05) is 16.2 Å². The van der Waals surface area contributed by atoms with E-state index < -0.39 is 0 Å². The third kappa shape index (κ3) is 4.51. The topological polar surface area (TPSA) is 66.6 Å². The summed E-state index contributed by atoms with van der Waals surface area (Å²) in [6, 6.07) is 12.0. The van der Waals surface area contributed by atoms with Gasteiger partial charge in [-0.25, -0.2) is 0 Å². The molecule has 0 aliphatic heterocycles. The molecule has 0 bridgehead atoms. The Bertz CT molecular complexity index is 872. The first kappa shape index (κ1) is 19.4. The minimum absolute atomic E-state index is 0.398. The Balaban J connectivity index is 1.76. The Kier molecular flexibility index (Phi) is 6.52. The van der Waals surface area contributed by atoms with Crippen LogP contribution < -0.4 is 14.2 Å². The summed E-state index contributed by atoms with van der Waals surface area (Å²) in [7, 11) is 4.70. The Morgan fingerprint density at radius 2 is 1.59 bits per heavy atom. The van der Waals surface area contributed by atoms with E-state index in [1.165, 1.54) is 22.2 Å². The Hall–Kier alpha value is -2.32. The van der Waals surface area contributed by atoms with Gasteiger partial charge >= 0.3 is 0 Å². The molecule has 27 heavy (non-hydrogen) atoms. The highest BCUT2D eigenvalue weighted by molar-refractivity contribution is 7.98. The smallest absolute Gasteiger partial charge is 0.277 e. The molecule has 0 saturated heterocycles. The van der Waals surface area contributed by atoms with Crippen molar-refractivity contribution in [2.24, 2.45) is 0 Å². The maximum absolute atomic E-state index is 5.79. The van der Waals surface area contributed by atoms with Crippen LogP contribution >= 0.6 is 23.5 Å². The monoisotopic (exact) mass is 404 g/mol. The lowest BCUT2D eigenvalue weighted by Crippen LogP contribution is -1.95. The lowest BCUT2D eigenvalue weighted by atomic mass is 10.2. The van der Waals surface area contributed by atoms with E-state index in [2.05, 4.69) is 40.7 Å². The highest BCUT2D eigenvalue weighted by Crippen LogP contribution is 2.41. The maximum atomic E-state index is 5.79. The van der Waals surface area contributed by atoms with Gasteiger partial charge in [0.15, 0.2) is 11.5 Å². The molecule has 1 heterocycles. The normalized spacial score (nSPS) is 10.7. The Morgan fingerprint density at radius 3 is 2.15 bits per heavy atom. The molecule has 0 saturated carbocycles. The zero-order chi connectivity index (χ0) is 19.2. The van der Waals surface area contributed by atoms with Gasteiger partial charge in [0.25, 0.3) is 5.22 Å². The van der Waals surface area contributed by atoms with E-state index in [1.807, 2.05) is 0 Å². The predicted octanol–water partition coefficient (Wildman–Crippen LogP) is 4.78. The largest absolute Gasteiger partial charge is 0.493 e. The third-order valence-corrected chi connectivity index (χ3v) is 5.47. The summed E-state index contributed by atoms with van der Waals surface area (Å²) in [6.07, 6.45) is 2.06. The number of aromatic nitrogens is 2. The van der Waals surface area contributed by atoms with E-state index in [-0.39, 0.29) is 0 Å². The number of hydrogen-bond donors (Lipinski definition) is 0. The van der Waals surface area contributed by atoms with Gasteiger partial charge < -0.3 is 18.6 Å². The van der Waals surface area contributed by atoms with Crippen molar-refractivity contribution in [1.82, 2.24) is 10.2 Å². The zero-order valence-corrected chi connectivity index (χ0v) is 17.1. The number of thioether (sulfide) groups is 2. The highest BCUT2D eigenvalue weighted by Gasteiger charge is 2.17. The maximum Gasteiger partial charge on any atom is 0.277 e. The van der Waals surface area contributed by atoms with Gasteiger partial charge in [0.05, 0.1) is 21.3 Å². The lowest BCUT2D eigenvalue weighted by Gasteiger charge is -2.12. The second-order valence-corrected chi connectivity index (χ2v) is 7.23. The SMILES string of the molecule is COc1cc(-c2nnc(SCc3ccc(SC)cc3)o2)cc(OC)c1OC. The second-order valence-electron chi connectivity index (χ2n) is 5.42. The van der Waals surface area contributed by atoms with Crippen LogP contribution in [0.4, 0.5) is 0 Å². The summed E-state index contributed by atoms with van der Waals surface area (Å²) in [6.45, 7) is 0. The first-order valence-electron chi connectivity index (χ1n) is 8.08. The van der Waals surface area contributed by atoms with Crippen molar-refractivity contribution >= 4 is 23.5 Å². The highest BCUT2D eigenvalue weighted by atomic mass is 32.2. The van der Waals surface area contributed by atoms with Gasteiger partial charge in [-0.05, 0) is 36.1 Å². The van der Waals surface area contributed by atoms with Crippen molar-refractivity contribution < 1.29 is 18.6 Å². The molecule has 0 unspecified atom stereocenters. The fraction of sp³-hybridized carbons (Fsp3) is 0.263. The van der Waals surface area contributed by atoms with Gasteiger partial charge in [0.2, 0.25) is 11.6 Å². The van der Waals surface area contributed by atoms with Crippen molar-refractivity contribution in [2.75, 3.05) is 27.6 Å². The quantitative estimate of drug-likeness (QED) is 0.497. The van der Waals surface area contributed by atoms with Crippen molar-refractivity contribution in [3.8, 4) is 28.7 Å². The molecule has 2 aromatic carbocycles. The first-order valence-corrected chi connectivity index (χ1v) is 10.3. The van der Waals surface area contributed by atoms with Crippen LogP contribution in [0.1, 0.15) is 5.56 Å². The molecular weight excluding hydrogens is 384 g/mol. The van der Waals surface area contributed by atoms with Crippen LogP contribution in [0.5, 0.6) is 17.2 Å². The number of benzene rings is 2. The van der Waals surface area contributed by atoms with Crippen LogP contribution in [0, 0.1) is 0 Å². The van der Waals surface area contributed by atoms with Gasteiger partial charge in [-0.2, -0.15) is 0 Å². The minimum atomic E-state index is 0.398. The van der Waals surface area contributed by atoms with Crippen LogP contribution in [0.2, 0.25) is 0 Å². The summed E-state index contributed by atoms with van der Waals surface area (Å²) in [4.78, 5) is 1.24. The number of hydrogen-bond acceptors (Lipinski definition) is 8. The van der Waals surface area contributed by atoms with E-state index in [4.69, 9.17) is 18.6 Å². The molecule has 0 radical (unpaired) electrons. The van der Waals surface area contributed by atoms with E-state index in [0.29, 0.717) is 33.9 Å². The molecule has 0 spiro atoms. The van der Waals surface area contributed by atoms with Gasteiger partial charge in [-0.15, -0.1) is 22.0 Å². The first-order chi connectivity index (χ1) is 13.2. The van der Waals surface area contributed by atoms with E-state index >= 15 is 0 Å². The molecular formula is C19H20N2O4S2. The molecule has 8 heteroatoms. The lowest BCUT2D eigenvalue weighted by molar-refractivity contribution is 0.324. The molecule has 0 aliphatic carbocycles. The molecule has 6 nitrogen and oxygen atoms in total. The van der Waals surface area contributed by atoms with E-state index in [9.17, 15) is 0 Å². The summed E-state index contributed by atoms with van der Waals surface area (Å²) in [5, 5.41) is 8.77. The number of ether oxygens (including phenoxy) is 3. The average molecular weight is 405 g/mol. The van der Waals surface area contributed by atoms with Gasteiger partial charge in [-0.1, -0.05) is 23.9 Å². The molecule has 0 N–H and O–H groups in total. The van der Waals surface area contributed by atoms with Crippen molar-refractivity contribution in [2.45, 2.75) is 15.9 Å². The minimum Gasteiger partial charge on any atom is -0.493 e. The average Bonchev–Trinajstić information content (AvgIpc) is 3.20. The van der Waals surface area contributed by atoms with Crippen LogP contribution in [-0.2, 0) is 5.75 Å². The van der Waals surface area contributed by atoms with E-state index in [1.54, 1.807) is 45.2 Å². The number of rotatable bonds is 8. The molecule has 3 rings (SSSR count). The summed E-state index contributed by atoms with van der Waals surface area (Å²) < 4.78 is 21.9. The van der Waals surface area contributed by atoms with Crippen molar-refractivity contribution in [1.29, 1.82) is 0 Å². The van der Waals surface area contributed by atoms with E-state index in [0.717, 1.165) is 5.75 Å². The number of methoxy groups -OCH3 is 3. The molecule has 1 aromatic heterocycles. The molecule has 0 atom stereocenters. The predicted molar refractivity (Wildman–Crippen MR) is 107 cm³/mol. The van der Waals surface area contributed by atoms with Crippen molar-refractivity contribution in [3.63, 3.8) is 0 Å². The van der Waals surface area contributed by atoms with Gasteiger partial charge in [-0.3, -0.25) is 0 Å². The van der Waals surface area contributed by atoms with Crippen LogP contribution in [0.3, 0.4) is 0 Å². The zero-order valence-electron chi connectivity index (χ0n) is 15.5. The standard InChI is InChI=1S/C19H20N2O4S2/c1-22-15-9-13(10-16(23-2)17(15)24-3)18-20-21-19(25-18)27-11-12-5-7-14(26-4)8-6-12/h5-10H,11H2,1-4H3. The fourth-order valence-corrected chi connectivity index (χ4v) is 3.58. The molecule has 0 fully saturated rings. The summed E-state index contributed by atoms with van der Waals surface area (Å²) in [5.41, 5.74) is 1.90. The third-order valence-electron chi connectivity index (χ3n) is 3.84. The van der Waals surface area contributed by atoms with Crippen LogP contribution in [0.25, 0.3) is 11.5 Å². The van der Waals surface area contributed by atoms with Crippen molar-refractivity contribution in [3.05, 3.63) is 42.0 Å². The van der Waals surface area contributed by atoms with Gasteiger partial charge in [0.1, 0.15) is 0 Å². The van der Waals surface area contributed by atoms with Crippen LogP contribution in [-0.4, -0.2) is 37.8 Å². The fourth-order valence-electron chi connectivity index (χ4n) is 2.46. The molecule has 0 aliphatic rings. The van der Waals surface area contributed by atoms with Crippen LogP contribution in [0.15, 0.2) is 50.9 Å². The number of nitrogens with zero attached hydrogens (tertiary/aromatic N) is 2. The Morgan fingerprint density at radius 1 is 0.926 bits per heavy atom. The second kappa shape index (κ2) is 9.05. The molecule has 0 amide bonds. The summed E-state index contributed by atoms with van der Waals surface area (Å²) in [5.74, 6) is 2.74.